The van der Waals surface area contributed by atoms with Crippen molar-refractivity contribution in [2.45, 2.75) is 6.92 Å². The van der Waals surface area contributed by atoms with Gasteiger partial charge in [-0.15, -0.1) is 11.3 Å². The van der Waals surface area contributed by atoms with E-state index in [2.05, 4.69) is 0 Å². The van der Waals surface area contributed by atoms with Gasteiger partial charge in [-0.1, -0.05) is 0 Å². The molecule has 0 saturated heterocycles. The summed E-state index contributed by atoms with van der Waals surface area (Å²) in [6.45, 7) is 1.83. The zero-order valence-corrected chi connectivity index (χ0v) is 5.67. The molecule has 0 unspecified atom stereocenters. The molecule has 0 spiro atoms. The third-order valence-corrected chi connectivity index (χ3v) is 1.91. The van der Waals surface area contributed by atoms with Gasteiger partial charge in [0.05, 0.1) is 0 Å². The van der Waals surface area contributed by atoms with E-state index in [1.54, 1.807) is 6.07 Å². The topological polar surface area (TPSA) is 17.1 Å². The van der Waals surface area contributed by atoms with Crippen LogP contribution in [-0.4, -0.2) is 6.04 Å². The average Bonchev–Trinajstić information content (AvgIpc) is 2.14. The van der Waals surface area contributed by atoms with Gasteiger partial charge < -0.3 is 0 Å². The van der Waals surface area contributed by atoms with Gasteiger partial charge >= 0.3 is 6.04 Å². The zero-order chi connectivity index (χ0) is 6.85. The second-order valence-corrected chi connectivity index (χ2v) is 2.97. The Labute approximate surface area is 56.1 Å². The molecule has 0 saturated carbocycles. The van der Waals surface area contributed by atoms with Crippen LogP contribution in [0.25, 0.3) is 0 Å². The summed E-state index contributed by atoms with van der Waals surface area (Å²) in [4.78, 5) is 11.1. The summed E-state index contributed by atoms with van der Waals surface area (Å²) >= 11 is 1.17. The van der Waals surface area contributed by atoms with E-state index in [9.17, 15) is 9.18 Å². The Balaban J connectivity index is 2.98. The maximum absolute atomic E-state index is 11.8. The van der Waals surface area contributed by atoms with Crippen molar-refractivity contribution in [3.8, 4) is 0 Å². The first-order valence-corrected chi connectivity index (χ1v) is 3.28. The summed E-state index contributed by atoms with van der Waals surface area (Å²) < 4.78 is 11.8. The lowest BCUT2D eigenvalue weighted by Gasteiger charge is -1.77. The molecule has 3 heteroatoms. The molecule has 0 N–H and O–H groups in total. The smallest absolute Gasteiger partial charge is 0.254 e. The maximum Gasteiger partial charge on any atom is 0.341 e. The fourth-order valence-electron chi connectivity index (χ4n) is 0.540. The third kappa shape index (κ3) is 1.36. The molecule has 1 heterocycles. The van der Waals surface area contributed by atoms with Crippen molar-refractivity contribution < 1.29 is 9.18 Å². The van der Waals surface area contributed by atoms with Crippen LogP contribution in [0.2, 0.25) is 0 Å². The molecule has 1 aromatic rings. The summed E-state index contributed by atoms with van der Waals surface area (Å²) in [5, 5.41) is 0. The van der Waals surface area contributed by atoms with E-state index in [1.165, 1.54) is 17.4 Å². The van der Waals surface area contributed by atoms with E-state index < -0.39 is 6.04 Å². The zero-order valence-electron chi connectivity index (χ0n) is 4.85. The quantitative estimate of drug-likeness (QED) is 0.552. The van der Waals surface area contributed by atoms with Crippen molar-refractivity contribution >= 4 is 17.4 Å². The molecule has 0 aliphatic rings. The summed E-state index contributed by atoms with van der Waals surface area (Å²) in [7, 11) is 0. The number of carbonyl (C=O) groups is 1. The summed E-state index contributed by atoms with van der Waals surface area (Å²) in [6.07, 6.45) is 0. The van der Waals surface area contributed by atoms with Crippen LogP contribution >= 0.6 is 11.3 Å². The predicted octanol–water partition coefficient (Wildman–Crippen LogP) is 2.17. The van der Waals surface area contributed by atoms with E-state index in [0.29, 0.717) is 0 Å². The largest absolute Gasteiger partial charge is 0.341 e. The van der Waals surface area contributed by atoms with Crippen molar-refractivity contribution in [3.05, 3.63) is 21.9 Å². The minimum absolute atomic E-state index is 0.188. The Morgan fingerprint density at radius 1 is 1.67 bits per heavy atom. The summed E-state index contributed by atoms with van der Waals surface area (Å²) in [5.74, 6) is 0. The molecule has 0 aliphatic heterocycles. The van der Waals surface area contributed by atoms with Crippen LogP contribution in [-0.2, 0) is 0 Å². The van der Waals surface area contributed by atoms with Crippen LogP contribution in [0.3, 0.4) is 0 Å². The Bertz CT molecular complexity index is 229. The molecule has 1 nitrogen and oxygen atoms in total. The van der Waals surface area contributed by atoms with Gasteiger partial charge in [0.2, 0.25) is 0 Å². The van der Waals surface area contributed by atoms with E-state index >= 15 is 0 Å². The Morgan fingerprint density at radius 2 is 2.33 bits per heavy atom. The number of aryl methyl sites for hydroxylation is 1. The van der Waals surface area contributed by atoms with Crippen molar-refractivity contribution in [3.63, 3.8) is 0 Å². The van der Waals surface area contributed by atoms with Gasteiger partial charge in [-0.2, -0.15) is 4.39 Å². The third-order valence-electron chi connectivity index (χ3n) is 0.934. The lowest BCUT2D eigenvalue weighted by Crippen LogP contribution is -1.80. The van der Waals surface area contributed by atoms with Crippen LogP contribution in [0.5, 0.6) is 0 Å². The van der Waals surface area contributed by atoms with Gasteiger partial charge in [0.15, 0.2) is 0 Å². The van der Waals surface area contributed by atoms with Crippen molar-refractivity contribution in [2.75, 3.05) is 0 Å². The second-order valence-electron chi connectivity index (χ2n) is 1.68. The van der Waals surface area contributed by atoms with Gasteiger partial charge in [0, 0.05) is 4.88 Å². The SMILES string of the molecule is Cc1ccc(C(=O)F)s1. The molecule has 1 rings (SSSR count). The van der Waals surface area contributed by atoms with Crippen LogP contribution in [0.1, 0.15) is 14.5 Å². The van der Waals surface area contributed by atoms with Gasteiger partial charge in [-0.3, -0.25) is 4.79 Å². The normalized spacial score (nSPS) is 9.56. The standard InChI is InChI=1S/C6H5FOS/c1-4-2-3-5(9-4)6(7)8/h2-3H,1H3. The van der Waals surface area contributed by atoms with Gasteiger partial charge in [-0.05, 0) is 19.1 Å². The molecule has 0 atom stereocenters. The molecule has 0 bridgehead atoms. The predicted molar refractivity (Wildman–Crippen MR) is 34.5 cm³/mol. The van der Waals surface area contributed by atoms with E-state index in [-0.39, 0.29) is 4.88 Å². The Morgan fingerprint density at radius 3 is 2.56 bits per heavy atom. The Hall–Kier alpha value is -0.700. The van der Waals surface area contributed by atoms with Gasteiger partial charge in [0.25, 0.3) is 0 Å². The molecule has 0 fully saturated rings. The van der Waals surface area contributed by atoms with Gasteiger partial charge in [-0.25, -0.2) is 0 Å². The van der Waals surface area contributed by atoms with Crippen molar-refractivity contribution in [1.29, 1.82) is 0 Å². The minimum Gasteiger partial charge on any atom is -0.254 e. The van der Waals surface area contributed by atoms with E-state index in [1.807, 2.05) is 6.92 Å². The average molecular weight is 144 g/mol. The first-order valence-electron chi connectivity index (χ1n) is 2.46. The summed E-state index contributed by atoms with van der Waals surface area (Å²) in [6, 6.07) is 1.87. The number of carbonyl (C=O) groups excluding carboxylic acids is 1. The van der Waals surface area contributed by atoms with E-state index in [0.717, 1.165) is 4.88 Å². The monoisotopic (exact) mass is 144 g/mol. The van der Waals surface area contributed by atoms with Crippen LogP contribution in [0.4, 0.5) is 4.39 Å². The van der Waals surface area contributed by atoms with Crippen molar-refractivity contribution in [2.24, 2.45) is 0 Å². The molecule has 0 aromatic carbocycles. The highest BCUT2D eigenvalue weighted by molar-refractivity contribution is 7.13. The second kappa shape index (κ2) is 2.27. The summed E-state index contributed by atoms with van der Waals surface area (Å²) in [5.41, 5.74) is 0. The number of rotatable bonds is 1. The molecule has 9 heavy (non-hydrogen) atoms. The molecular formula is C6H5FOS. The number of hydrogen-bond donors (Lipinski definition) is 0. The van der Waals surface area contributed by atoms with E-state index in [4.69, 9.17) is 0 Å². The lowest BCUT2D eigenvalue weighted by molar-refractivity contribution is 0.0840. The molecule has 48 valence electrons. The fourth-order valence-corrected chi connectivity index (χ4v) is 1.24. The fraction of sp³-hybridized carbons (Fsp3) is 0.167. The number of hydrogen-bond acceptors (Lipinski definition) is 2. The van der Waals surface area contributed by atoms with Crippen LogP contribution < -0.4 is 0 Å². The lowest BCUT2D eigenvalue weighted by atomic mass is 10.4. The molecular weight excluding hydrogens is 139 g/mol. The molecule has 1 aromatic heterocycles. The number of thiophene rings is 1. The molecule has 0 aliphatic carbocycles. The highest BCUT2D eigenvalue weighted by atomic mass is 32.1. The minimum atomic E-state index is -1.34. The first-order chi connectivity index (χ1) is 4.20. The number of halogens is 1. The maximum atomic E-state index is 11.8. The highest BCUT2D eigenvalue weighted by Gasteiger charge is 2.03. The first kappa shape index (κ1) is 6.42. The molecule has 0 amide bonds. The molecule has 0 radical (unpaired) electrons. The highest BCUT2D eigenvalue weighted by Crippen LogP contribution is 2.15. The Kier molecular flexibility index (Phi) is 1.62. The van der Waals surface area contributed by atoms with Gasteiger partial charge in [0.1, 0.15) is 4.88 Å². The van der Waals surface area contributed by atoms with Crippen molar-refractivity contribution in [1.82, 2.24) is 0 Å². The van der Waals surface area contributed by atoms with Crippen LogP contribution in [0, 0.1) is 6.92 Å². The van der Waals surface area contributed by atoms with Crippen LogP contribution in [0.15, 0.2) is 12.1 Å².